The topological polar surface area (TPSA) is 85.8 Å². The molecule has 1 aliphatic carbocycles. The lowest BCUT2D eigenvalue weighted by Crippen LogP contribution is -2.33. The summed E-state index contributed by atoms with van der Waals surface area (Å²) in [5, 5.41) is 15.9. The van der Waals surface area contributed by atoms with E-state index in [0.29, 0.717) is 29.0 Å². The second kappa shape index (κ2) is 9.02. The van der Waals surface area contributed by atoms with E-state index in [2.05, 4.69) is 27.6 Å². The quantitative estimate of drug-likeness (QED) is 0.422. The van der Waals surface area contributed by atoms with E-state index in [-0.39, 0.29) is 11.9 Å². The predicted octanol–water partition coefficient (Wildman–Crippen LogP) is 4.86. The fourth-order valence-corrected chi connectivity index (χ4v) is 3.96. The van der Waals surface area contributed by atoms with Gasteiger partial charge in [0, 0.05) is 30.1 Å². The van der Waals surface area contributed by atoms with Crippen molar-refractivity contribution in [3.05, 3.63) is 83.4 Å². The van der Waals surface area contributed by atoms with Crippen molar-refractivity contribution in [3.8, 4) is 17.3 Å². The number of nitrogens with zero attached hydrogens (tertiary/aromatic N) is 4. The van der Waals surface area contributed by atoms with Crippen molar-refractivity contribution in [2.75, 3.05) is 0 Å². The molecule has 1 atom stereocenters. The lowest BCUT2D eigenvalue weighted by atomic mass is 10.1. The largest absolute Gasteiger partial charge is 0.420 e. The highest BCUT2D eigenvalue weighted by Crippen LogP contribution is 2.42. The minimum atomic E-state index is -0.0784. The molecule has 1 fully saturated rings. The Morgan fingerprint density at radius 1 is 1.12 bits per heavy atom. The number of aryl methyl sites for hydroxylation is 2. The maximum Gasteiger partial charge on any atom is 0.268 e. The molecule has 7 heteroatoms. The van der Waals surface area contributed by atoms with Crippen molar-refractivity contribution < 1.29 is 9.21 Å². The van der Waals surface area contributed by atoms with Crippen molar-refractivity contribution in [1.82, 2.24) is 25.3 Å². The van der Waals surface area contributed by atoms with Gasteiger partial charge in [-0.05, 0) is 62.4 Å². The average molecular weight is 442 g/mol. The Kier molecular flexibility index (Phi) is 5.77. The van der Waals surface area contributed by atoms with Crippen molar-refractivity contribution >= 4 is 5.91 Å². The summed E-state index contributed by atoms with van der Waals surface area (Å²) in [4.78, 5) is 12.9. The molecule has 1 amide bonds. The van der Waals surface area contributed by atoms with Gasteiger partial charge in [0.2, 0.25) is 5.89 Å². The van der Waals surface area contributed by atoms with Crippen LogP contribution < -0.4 is 5.32 Å². The Balaban J connectivity index is 1.32. The van der Waals surface area contributed by atoms with E-state index in [4.69, 9.17) is 9.52 Å². The zero-order valence-corrected chi connectivity index (χ0v) is 18.9. The molecule has 1 aliphatic rings. The summed E-state index contributed by atoms with van der Waals surface area (Å²) in [6.45, 7) is 3.81. The molecule has 2 aromatic carbocycles. The molecular weight excluding hydrogens is 414 g/mol. The van der Waals surface area contributed by atoms with Gasteiger partial charge >= 0.3 is 0 Å². The first-order chi connectivity index (χ1) is 16.1. The van der Waals surface area contributed by atoms with E-state index >= 15 is 0 Å². The van der Waals surface area contributed by atoms with Crippen LogP contribution in [0, 0.1) is 6.92 Å². The van der Waals surface area contributed by atoms with E-state index in [0.717, 1.165) is 37.1 Å². The van der Waals surface area contributed by atoms with Gasteiger partial charge in [-0.2, -0.15) is 5.10 Å². The maximum absolute atomic E-state index is 12.9. The van der Waals surface area contributed by atoms with Crippen molar-refractivity contribution in [1.29, 1.82) is 0 Å². The fraction of sp³-hybridized carbons (Fsp3) is 0.308. The first-order valence-electron chi connectivity index (χ1n) is 11.4. The molecule has 4 aromatic rings. The number of carbonyl (C=O) groups is 1. The molecule has 7 nitrogen and oxygen atoms in total. The molecule has 0 radical (unpaired) electrons. The van der Waals surface area contributed by atoms with Gasteiger partial charge in [-0.15, -0.1) is 10.2 Å². The predicted molar refractivity (Wildman–Crippen MR) is 125 cm³/mol. The zero-order chi connectivity index (χ0) is 22.8. The first-order valence-corrected chi connectivity index (χ1v) is 11.4. The number of aromatic nitrogens is 4. The van der Waals surface area contributed by atoms with E-state index in [1.165, 1.54) is 5.56 Å². The standard InChI is InChI=1S/C26H27N5O2/c1-17(11-12-19-7-4-3-5-8-19)27-25(32)21-9-6-10-22(15-21)31-24(20-13-14-20)16-23(30-31)26-29-28-18(2)33-26/h3-10,15-17,20H,11-14H2,1-2H3,(H,27,32)/t17-/m1/s1. The van der Waals surface area contributed by atoms with E-state index in [1.807, 2.05) is 60.1 Å². The van der Waals surface area contributed by atoms with E-state index in [9.17, 15) is 4.79 Å². The first kappa shape index (κ1) is 21.1. The van der Waals surface area contributed by atoms with Crippen LogP contribution in [0.15, 0.2) is 65.1 Å². The van der Waals surface area contributed by atoms with Gasteiger partial charge in [0.25, 0.3) is 11.8 Å². The molecule has 0 spiro atoms. The zero-order valence-electron chi connectivity index (χ0n) is 18.9. The molecule has 1 saturated carbocycles. The summed E-state index contributed by atoms with van der Waals surface area (Å²) >= 11 is 0. The molecule has 33 heavy (non-hydrogen) atoms. The Morgan fingerprint density at radius 3 is 2.67 bits per heavy atom. The molecule has 1 N–H and O–H groups in total. The maximum atomic E-state index is 12.9. The molecule has 2 aromatic heterocycles. The molecule has 0 saturated heterocycles. The highest BCUT2D eigenvalue weighted by molar-refractivity contribution is 5.94. The van der Waals surface area contributed by atoms with Gasteiger partial charge in [-0.3, -0.25) is 4.79 Å². The molecule has 2 heterocycles. The number of nitrogens with one attached hydrogen (secondary N) is 1. The summed E-state index contributed by atoms with van der Waals surface area (Å²) < 4.78 is 7.48. The van der Waals surface area contributed by atoms with Gasteiger partial charge in [-0.25, -0.2) is 4.68 Å². The van der Waals surface area contributed by atoms with Gasteiger partial charge in [0.05, 0.1) is 5.69 Å². The van der Waals surface area contributed by atoms with Crippen LogP contribution in [0.4, 0.5) is 0 Å². The lowest BCUT2D eigenvalue weighted by Gasteiger charge is -2.15. The summed E-state index contributed by atoms with van der Waals surface area (Å²) in [7, 11) is 0. The SMILES string of the molecule is Cc1nnc(-c2cc(C3CC3)n(-c3cccc(C(=O)N[C@H](C)CCc4ccccc4)c3)n2)o1. The van der Waals surface area contributed by atoms with Crippen LogP contribution in [0.25, 0.3) is 17.3 Å². The summed E-state index contributed by atoms with van der Waals surface area (Å²) in [6.07, 6.45) is 4.08. The van der Waals surface area contributed by atoms with Crippen LogP contribution in [-0.4, -0.2) is 31.9 Å². The van der Waals surface area contributed by atoms with Crippen LogP contribution in [-0.2, 0) is 6.42 Å². The van der Waals surface area contributed by atoms with Gasteiger partial charge in [-0.1, -0.05) is 36.4 Å². The Hall–Kier alpha value is -3.74. The summed E-state index contributed by atoms with van der Waals surface area (Å²) in [6, 6.07) is 20.0. The molecular formula is C26H27N5O2. The number of carbonyl (C=O) groups excluding carboxylic acids is 1. The number of hydrogen-bond donors (Lipinski definition) is 1. The van der Waals surface area contributed by atoms with Crippen molar-refractivity contribution in [2.24, 2.45) is 0 Å². The van der Waals surface area contributed by atoms with Crippen LogP contribution in [0.2, 0.25) is 0 Å². The molecule has 5 rings (SSSR count). The highest BCUT2D eigenvalue weighted by Gasteiger charge is 2.30. The van der Waals surface area contributed by atoms with Crippen LogP contribution in [0.1, 0.15) is 59.6 Å². The second-order valence-corrected chi connectivity index (χ2v) is 8.72. The van der Waals surface area contributed by atoms with Gasteiger partial charge < -0.3 is 9.73 Å². The normalized spacial score (nSPS) is 14.2. The van der Waals surface area contributed by atoms with Gasteiger partial charge in [0.1, 0.15) is 5.69 Å². The Labute approximate surface area is 192 Å². The van der Waals surface area contributed by atoms with Crippen LogP contribution in [0.3, 0.4) is 0 Å². The Bertz CT molecular complexity index is 1260. The van der Waals surface area contributed by atoms with Crippen LogP contribution >= 0.6 is 0 Å². The molecule has 0 bridgehead atoms. The fourth-order valence-electron chi connectivity index (χ4n) is 3.96. The number of amides is 1. The van der Waals surface area contributed by atoms with Gasteiger partial charge in [0.15, 0.2) is 0 Å². The third kappa shape index (κ3) is 4.87. The summed E-state index contributed by atoms with van der Waals surface area (Å²) in [5.41, 5.74) is 4.51. The van der Waals surface area contributed by atoms with E-state index in [1.54, 1.807) is 6.92 Å². The molecule has 0 aliphatic heterocycles. The van der Waals surface area contributed by atoms with Crippen molar-refractivity contribution in [3.63, 3.8) is 0 Å². The number of benzene rings is 2. The molecule has 0 unspecified atom stereocenters. The molecule has 168 valence electrons. The number of rotatable bonds is 8. The monoisotopic (exact) mass is 441 g/mol. The highest BCUT2D eigenvalue weighted by atomic mass is 16.4. The lowest BCUT2D eigenvalue weighted by molar-refractivity contribution is 0.0938. The number of hydrogen-bond acceptors (Lipinski definition) is 5. The smallest absolute Gasteiger partial charge is 0.268 e. The summed E-state index contributed by atoms with van der Waals surface area (Å²) in [5.74, 6) is 1.30. The average Bonchev–Trinajstić information content (AvgIpc) is 3.43. The van der Waals surface area contributed by atoms with E-state index < -0.39 is 0 Å². The second-order valence-electron chi connectivity index (χ2n) is 8.72. The minimum Gasteiger partial charge on any atom is -0.420 e. The van der Waals surface area contributed by atoms with Crippen molar-refractivity contribution in [2.45, 2.75) is 51.5 Å². The third-order valence-corrected chi connectivity index (χ3v) is 5.92. The third-order valence-electron chi connectivity index (χ3n) is 5.92. The van der Waals surface area contributed by atoms with Crippen LogP contribution in [0.5, 0.6) is 0 Å². The Morgan fingerprint density at radius 2 is 1.94 bits per heavy atom. The minimum absolute atomic E-state index is 0.0699.